The molecule has 0 heterocycles. The molecule has 0 saturated carbocycles. The van der Waals surface area contributed by atoms with Gasteiger partial charge in [0.15, 0.2) is 0 Å². The number of rotatable bonds is 3. The third kappa shape index (κ3) is 6.38. The molecule has 0 aromatic carbocycles. The molecule has 0 aromatic rings. The zero-order valence-corrected chi connectivity index (χ0v) is 5.79. The Bertz CT molecular complexity index is 148. The molecule has 0 radical (unpaired) electrons. The molecule has 0 aromatic heterocycles. The van der Waals surface area contributed by atoms with Gasteiger partial charge in [-0.15, -0.1) is 0 Å². The second-order valence-corrected chi connectivity index (χ2v) is 1.57. The van der Waals surface area contributed by atoms with Gasteiger partial charge in [0.25, 0.3) is 0 Å². The van der Waals surface area contributed by atoms with Gasteiger partial charge >= 0.3 is 12.1 Å². The molecule has 0 rings (SSSR count). The number of hydrazine groups is 1. The van der Waals surface area contributed by atoms with E-state index in [0.717, 1.165) is 0 Å². The van der Waals surface area contributed by atoms with Gasteiger partial charge < -0.3 is 15.8 Å². The summed E-state index contributed by atoms with van der Waals surface area (Å²) < 4.78 is 4.29. The van der Waals surface area contributed by atoms with E-state index in [4.69, 9.17) is 5.84 Å². The number of hydrogen-bond acceptors (Lipinski definition) is 4. The van der Waals surface area contributed by atoms with Crippen molar-refractivity contribution in [3.05, 3.63) is 0 Å². The van der Waals surface area contributed by atoms with E-state index in [1.54, 1.807) is 0 Å². The van der Waals surface area contributed by atoms with Crippen LogP contribution in [0.15, 0.2) is 0 Å². The lowest BCUT2D eigenvalue weighted by atomic mass is 10.7. The van der Waals surface area contributed by atoms with E-state index in [2.05, 4.69) is 15.8 Å². The first-order chi connectivity index (χ1) is 5.16. The standard InChI is InChI=1S/C4H10N4O3/c5-3(9)11-2-1-7-4(10)8-6/h1-2,6H2,(H2,5,9)(H2,7,8,10). The van der Waals surface area contributed by atoms with Crippen LogP contribution in [0.4, 0.5) is 9.59 Å². The lowest BCUT2D eigenvalue weighted by molar-refractivity contribution is 0.157. The van der Waals surface area contributed by atoms with Crippen molar-refractivity contribution in [3.63, 3.8) is 0 Å². The van der Waals surface area contributed by atoms with Gasteiger partial charge in [-0.25, -0.2) is 15.4 Å². The third-order valence-electron chi connectivity index (χ3n) is 0.763. The minimum atomic E-state index is -0.875. The molecule has 3 amide bonds. The van der Waals surface area contributed by atoms with Crippen LogP contribution in [0.2, 0.25) is 0 Å². The molecule has 7 heteroatoms. The van der Waals surface area contributed by atoms with Crippen LogP contribution in [0.25, 0.3) is 0 Å². The van der Waals surface area contributed by atoms with Crippen LogP contribution >= 0.6 is 0 Å². The lowest BCUT2D eigenvalue weighted by Gasteiger charge is -2.02. The second-order valence-electron chi connectivity index (χ2n) is 1.57. The molecule has 0 aliphatic rings. The van der Waals surface area contributed by atoms with Crippen molar-refractivity contribution in [1.82, 2.24) is 10.7 Å². The molecule has 0 fully saturated rings. The highest BCUT2D eigenvalue weighted by atomic mass is 16.5. The fourth-order valence-electron chi connectivity index (χ4n) is 0.367. The normalized spacial score (nSPS) is 8.45. The number of amides is 3. The average molecular weight is 162 g/mol. The average Bonchev–Trinajstić information content (AvgIpc) is 1.97. The lowest BCUT2D eigenvalue weighted by Crippen LogP contribution is -2.41. The van der Waals surface area contributed by atoms with Gasteiger partial charge in [0.05, 0.1) is 6.54 Å². The quantitative estimate of drug-likeness (QED) is 0.170. The largest absolute Gasteiger partial charge is 0.448 e. The van der Waals surface area contributed by atoms with Crippen molar-refractivity contribution < 1.29 is 14.3 Å². The van der Waals surface area contributed by atoms with Gasteiger partial charge in [0.2, 0.25) is 0 Å². The molecule has 0 spiro atoms. The van der Waals surface area contributed by atoms with Crippen molar-refractivity contribution >= 4 is 12.1 Å². The van der Waals surface area contributed by atoms with Crippen LogP contribution in [0.1, 0.15) is 0 Å². The Morgan fingerprint density at radius 3 is 2.55 bits per heavy atom. The maximum atomic E-state index is 10.3. The first-order valence-electron chi connectivity index (χ1n) is 2.83. The number of urea groups is 1. The number of nitrogens with two attached hydrogens (primary N) is 2. The summed E-state index contributed by atoms with van der Waals surface area (Å²) in [6.45, 7) is 0.203. The molecule has 0 aliphatic heterocycles. The molecule has 6 N–H and O–H groups in total. The Hall–Kier alpha value is -1.50. The summed E-state index contributed by atoms with van der Waals surface area (Å²) in [5, 5.41) is 2.28. The first kappa shape index (κ1) is 9.50. The van der Waals surface area contributed by atoms with Crippen molar-refractivity contribution in [3.8, 4) is 0 Å². The van der Waals surface area contributed by atoms with Crippen molar-refractivity contribution in [2.24, 2.45) is 11.6 Å². The summed E-state index contributed by atoms with van der Waals surface area (Å²) in [7, 11) is 0. The Balaban J connectivity index is 3.14. The summed E-state index contributed by atoms with van der Waals surface area (Å²) in [6, 6.07) is -0.543. The summed E-state index contributed by atoms with van der Waals surface area (Å²) in [5.74, 6) is 4.72. The van der Waals surface area contributed by atoms with Crippen LogP contribution in [-0.4, -0.2) is 25.3 Å². The first-order valence-corrected chi connectivity index (χ1v) is 2.83. The fourth-order valence-corrected chi connectivity index (χ4v) is 0.367. The number of carbonyl (C=O) groups is 2. The Kier molecular flexibility index (Phi) is 4.58. The van der Waals surface area contributed by atoms with E-state index in [0.29, 0.717) is 0 Å². The van der Waals surface area contributed by atoms with Gasteiger partial charge in [-0.1, -0.05) is 0 Å². The van der Waals surface area contributed by atoms with Gasteiger partial charge in [-0.3, -0.25) is 5.43 Å². The highest BCUT2D eigenvalue weighted by molar-refractivity contribution is 5.73. The number of nitrogens with one attached hydrogen (secondary N) is 2. The predicted octanol–water partition coefficient (Wildman–Crippen LogP) is -1.75. The summed E-state index contributed by atoms with van der Waals surface area (Å²) in [6.07, 6.45) is -0.875. The van der Waals surface area contributed by atoms with Crippen LogP contribution in [-0.2, 0) is 4.74 Å². The van der Waals surface area contributed by atoms with E-state index in [1.807, 2.05) is 5.43 Å². The van der Waals surface area contributed by atoms with E-state index >= 15 is 0 Å². The Morgan fingerprint density at radius 1 is 1.45 bits per heavy atom. The van der Waals surface area contributed by atoms with Gasteiger partial charge in [-0.05, 0) is 0 Å². The molecule has 64 valence electrons. The van der Waals surface area contributed by atoms with Gasteiger partial charge in [0.1, 0.15) is 6.61 Å². The maximum absolute atomic E-state index is 10.3. The molecule has 0 atom stereocenters. The Morgan fingerprint density at radius 2 is 2.09 bits per heavy atom. The zero-order valence-electron chi connectivity index (χ0n) is 5.79. The fraction of sp³-hybridized carbons (Fsp3) is 0.500. The third-order valence-corrected chi connectivity index (χ3v) is 0.763. The van der Waals surface area contributed by atoms with Gasteiger partial charge in [-0.2, -0.15) is 0 Å². The maximum Gasteiger partial charge on any atom is 0.404 e. The molecule has 0 unspecified atom stereocenters. The highest BCUT2D eigenvalue weighted by Gasteiger charge is 1.95. The van der Waals surface area contributed by atoms with Crippen molar-refractivity contribution in [2.75, 3.05) is 13.2 Å². The van der Waals surface area contributed by atoms with E-state index < -0.39 is 12.1 Å². The molecule has 11 heavy (non-hydrogen) atoms. The van der Waals surface area contributed by atoms with E-state index in [9.17, 15) is 9.59 Å². The van der Waals surface area contributed by atoms with Crippen molar-refractivity contribution in [1.29, 1.82) is 0 Å². The molecule has 0 bridgehead atoms. The van der Waals surface area contributed by atoms with Gasteiger partial charge in [0, 0.05) is 0 Å². The molecule has 0 saturated heterocycles. The monoisotopic (exact) mass is 162 g/mol. The number of primary amides is 1. The molecular formula is C4H10N4O3. The molecule has 7 nitrogen and oxygen atoms in total. The predicted molar refractivity (Wildman–Crippen MR) is 36.3 cm³/mol. The topological polar surface area (TPSA) is 119 Å². The summed E-state index contributed by atoms with van der Waals surface area (Å²) in [4.78, 5) is 20.3. The Labute approximate surface area is 63.0 Å². The molecular weight excluding hydrogens is 152 g/mol. The SMILES string of the molecule is NNC(=O)NCCOC(N)=O. The van der Waals surface area contributed by atoms with E-state index in [1.165, 1.54) is 0 Å². The summed E-state index contributed by atoms with van der Waals surface area (Å²) >= 11 is 0. The minimum Gasteiger partial charge on any atom is -0.448 e. The number of ether oxygens (including phenoxy) is 1. The van der Waals surface area contributed by atoms with E-state index in [-0.39, 0.29) is 13.2 Å². The van der Waals surface area contributed by atoms with Crippen LogP contribution < -0.4 is 22.3 Å². The smallest absolute Gasteiger partial charge is 0.404 e. The second kappa shape index (κ2) is 5.30. The minimum absolute atomic E-state index is 0.0305. The van der Waals surface area contributed by atoms with Crippen LogP contribution in [0, 0.1) is 0 Å². The zero-order chi connectivity index (χ0) is 8.69. The van der Waals surface area contributed by atoms with Crippen LogP contribution in [0.3, 0.4) is 0 Å². The highest BCUT2D eigenvalue weighted by Crippen LogP contribution is 1.70. The van der Waals surface area contributed by atoms with Crippen LogP contribution in [0.5, 0.6) is 0 Å². The summed E-state index contributed by atoms with van der Waals surface area (Å²) in [5.41, 5.74) is 6.46. The number of carbonyl (C=O) groups excluding carboxylic acids is 2. The number of hydrogen-bond donors (Lipinski definition) is 4. The molecule has 0 aliphatic carbocycles. The van der Waals surface area contributed by atoms with Crippen molar-refractivity contribution in [2.45, 2.75) is 0 Å².